The van der Waals surface area contributed by atoms with Gasteiger partial charge in [0.25, 0.3) is 5.91 Å². The number of rotatable bonds is 8. The summed E-state index contributed by atoms with van der Waals surface area (Å²) in [6.45, 7) is -1.40. The first-order chi connectivity index (χ1) is 19.5. The average molecular weight is 608 g/mol. The van der Waals surface area contributed by atoms with Crippen LogP contribution in [0, 0.1) is 0 Å². The van der Waals surface area contributed by atoms with Gasteiger partial charge in [0, 0.05) is 16.8 Å². The van der Waals surface area contributed by atoms with E-state index in [1.165, 1.54) is 41.5 Å². The molecule has 5 rings (SSSR count). The third-order valence-electron chi connectivity index (χ3n) is 5.81. The first-order valence-electron chi connectivity index (χ1n) is 11.7. The SMILES string of the molecule is O=C(Nc1n[nH]cc1Cl)c1ccccc1-n1cnc(Cn2nc(-c3ccc(Cl)cc3)n(CC(O)C(F)(F)F)c2=O)n1. The minimum atomic E-state index is -4.96. The van der Waals surface area contributed by atoms with E-state index in [0.29, 0.717) is 16.3 Å². The fourth-order valence-corrected chi connectivity index (χ4v) is 4.08. The number of H-pyrrole nitrogens is 1. The van der Waals surface area contributed by atoms with Gasteiger partial charge in [-0.05, 0) is 36.4 Å². The Hall–Kier alpha value is -4.47. The number of carbonyl (C=O) groups excluding carboxylic acids is 1. The molecule has 0 saturated heterocycles. The van der Waals surface area contributed by atoms with Crippen LogP contribution in [-0.2, 0) is 13.1 Å². The number of amides is 1. The summed E-state index contributed by atoms with van der Waals surface area (Å²) in [5.74, 6) is -0.444. The number of halogens is 5. The largest absolute Gasteiger partial charge is 0.416 e. The van der Waals surface area contributed by atoms with Crippen molar-refractivity contribution in [3.63, 3.8) is 0 Å². The van der Waals surface area contributed by atoms with Crippen molar-refractivity contribution in [2.24, 2.45) is 0 Å². The van der Waals surface area contributed by atoms with Crippen molar-refractivity contribution in [2.45, 2.75) is 25.4 Å². The van der Waals surface area contributed by atoms with Crippen molar-refractivity contribution < 1.29 is 23.1 Å². The lowest BCUT2D eigenvalue weighted by Gasteiger charge is -2.15. The van der Waals surface area contributed by atoms with Gasteiger partial charge in [-0.15, -0.1) is 10.2 Å². The van der Waals surface area contributed by atoms with Crippen molar-refractivity contribution in [2.75, 3.05) is 5.32 Å². The number of aromatic amines is 1. The van der Waals surface area contributed by atoms with Crippen molar-refractivity contribution in [3.8, 4) is 17.1 Å². The van der Waals surface area contributed by atoms with Gasteiger partial charge >= 0.3 is 11.9 Å². The molecule has 0 radical (unpaired) electrons. The van der Waals surface area contributed by atoms with Crippen LogP contribution < -0.4 is 11.0 Å². The number of aliphatic hydroxyl groups is 1. The molecule has 3 aromatic heterocycles. The number of para-hydroxylation sites is 1. The molecular formula is C24H18Cl2F3N9O3. The topological polar surface area (TPSA) is 149 Å². The first kappa shape index (κ1) is 28.1. The van der Waals surface area contributed by atoms with Crippen LogP contribution in [0.15, 0.2) is 65.8 Å². The molecule has 1 amide bonds. The molecular weight excluding hydrogens is 590 g/mol. The second-order valence-corrected chi connectivity index (χ2v) is 9.44. The highest BCUT2D eigenvalue weighted by atomic mass is 35.5. The summed E-state index contributed by atoms with van der Waals surface area (Å²) >= 11 is 11.9. The van der Waals surface area contributed by atoms with Crippen LogP contribution in [-0.4, -0.2) is 62.6 Å². The molecule has 5 aromatic rings. The van der Waals surface area contributed by atoms with Gasteiger partial charge in [0.05, 0.1) is 17.8 Å². The Morgan fingerprint density at radius 3 is 2.51 bits per heavy atom. The average Bonchev–Trinajstić information content (AvgIpc) is 3.65. The Bertz CT molecular complexity index is 1760. The molecule has 0 aliphatic rings. The van der Waals surface area contributed by atoms with Crippen LogP contribution in [0.3, 0.4) is 0 Å². The van der Waals surface area contributed by atoms with Crippen molar-refractivity contribution in [1.82, 2.24) is 39.3 Å². The molecule has 0 aliphatic heterocycles. The zero-order valence-electron chi connectivity index (χ0n) is 20.5. The number of hydrogen-bond donors (Lipinski definition) is 3. The second kappa shape index (κ2) is 11.2. The van der Waals surface area contributed by atoms with Crippen LogP contribution >= 0.6 is 23.2 Å². The highest BCUT2D eigenvalue weighted by Gasteiger charge is 2.39. The lowest BCUT2D eigenvalue weighted by molar-refractivity contribution is -0.207. The molecule has 2 aromatic carbocycles. The molecule has 1 atom stereocenters. The minimum absolute atomic E-state index is 0.0707. The third kappa shape index (κ3) is 6.01. The fourth-order valence-electron chi connectivity index (χ4n) is 3.82. The summed E-state index contributed by atoms with van der Waals surface area (Å²) in [4.78, 5) is 30.2. The Labute approximate surface area is 238 Å². The number of carbonyl (C=O) groups is 1. The monoisotopic (exact) mass is 607 g/mol. The Morgan fingerprint density at radius 1 is 1.10 bits per heavy atom. The van der Waals surface area contributed by atoms with Gasteiger partial charge in [-0.1, -0.05) is 35.3 Å². The van der Waals surface area contributed by atoms with E-state index >= 15 is 0 Å². The number of aromatic nitrogens is 8. The molecule has 3 heterocycles. The van der Waals surface area contributed by atoms with E-state index in [1.54, 1.807) is 24.3 Å². The normalized spacial score (nSPS) is 12.4. The predicted octanol–water partition coefficient (Wildman–Crippen LogP) is 3.55. The summed E-state index contributed by atoms with van der Waals surface area (Å²) in [6.07, 6.45) is -5.06. The number of alkyl halides is 3. The van der Waals surface area contributed by atoms with E-state index in [2.05, 4.69) is 30.7 Å². The molecule has 0 fully saturated rings. The van der Waals surface area contributed by atoms with Crippen LogP contribution in [0.5, 0.6) is 0 Å². The number of benzene rings is 2. The summed E-state index contributed by atoms with van der Waals surface area (Å²) in [5.41, 5.74) is -0.0839. The first-order valence-corrected chi connectivity index (χ1v) is 12.5. The smallest absolute Gasteiger partial charge is 0.382 e. The molecule has 0 spiro atoms. The molecule has 212 valence electrons. The van der Waals surface area contributed by atoms with Gasteiger partial charge in [-0.25, -0.2) is 19.1 Å². The maximum Gasteiger partial charge on any atom is 0.416 e. The zero-order valence-corrected chi connectivity index (χ0v) is 22.1. The maximum atomic E-state index is 13.1. The molecule has 12 nitrogen and oxygen atoms in total. The summed E-state index contributed by atoms with van der Waals surface area (Å²) < 4.78 is 42.2. The van der Waals surface area contributed by atoms with Gasteiger partial charge in [-0.3, -0.25) is 14.5 Å². The van der Waals surface area contributed by atoms with E-state index in [-0.39, 0.29) is 34.6 Å². The van der Waals surface area contributed by atoms with Gasteiger partial charge in [0.15, 0.2) is 23.6 Å². The van der Waals surface area contributed by atoms with Gasteiger partial charge in [-0.2, -0.15) is 18.3 Å². The molecule has 41 heavy (non-hydrogen) atoms. The highest BCUT2D eigenvalue weighted by Crippen LogP contribution is 2.24. The van der Waals surface area contributed by atoms with Gasteiger partial charge < -0.3 is 10.4 Å². The summed E-state index contributed by atoms with van der Waals surface area (Å²) in [5, 5.41) is 27.7. The van der Waals surface area contributed by atoms with Crippen LogP contribution in [0.1, 0.15) is 16.2 Å². The lowest BCUT2D eigenvalue weighted by atomic mass is 10.1. The second-order valence-electron chi connectivity index (χ2n) is 8.60. The van der Waals surface area contributed by atoms with Crippen molar-refractivity contribution in [1.29, 1.82) is 0 Å². The predicted molar refractivity (Wildman–Crippen MR) is 141 cm³/mol. The van der Waals surface area contributed by atoms with Crippen molar-refractivity contribution in [3.05, 3.63) is 93.0 Å². The highest BCUT2D eigenvalue weighted by molar-refractivity contribution is 6.33. The van der Waals surface area contributed by atoms with Crippen LogP contribution in [0.4, 0.5) is 19.0 Å². The molecule has 0 saturated carbocycles. The Morgan fingerprint density at radius 2 is 1.83 bits per heavy atom. The summed E-state index contributed by atoms with van der Waals surface area (Å²) in [6, 6.07) is 12.4. The molecule has 1 unspecified atom stereocenters. The minimum Gasteiger partial charge on any atom is -0.382 e. The number of hydrogen-bond acceptors (Lipinski definition) is 7. The van der Waals surface area contributed by atoms with Gasteiger partial charge in [0.1, 0.15) is 17.9 Å². The Kier molecular flexibility index (Phi) is 7.66. The third-order valence-corrected chi connectivity index (χ3v) is 6.35. The van der Waals surface area contributed by atoms with E-state index < -0.39 is 30.4 Å². The fraction of sp³-hybridized carbons (Fsp3) is 0.167. The zero-order chi connectivity index (χ0) is 29.3. The maximum absolute atomic E-state index is 13.1. The van der Waals surface area contributed by atoms with Crippen LogP contribution in [0.25, 0.3) is 17.1 Å². The number of aliphatic hydroxyl groups excluding tert-OH is 1. The molecule has 0 bridgehead atoms. The molecule has 0 aliphatic carbocycles. The molecule has 17 heteroatoms. The quantitative estimate of drug-likeness (QED) is 0.244. The van der Waals surface area contributed by atoms with E-state index in [0.717, 1.165) is 9.25 Å². The van der Waals surface area contributed by atoms with Crippen molar-refractivity contribution >= 4 is 34.9 Å². The van der Waals surface area contributed by atoms with E-state index in [4.69, 9.17) is 23.2 Å². The van der Waals surface area contributed by atoms with E-state index in [1.807, 2.05) is 0 Å². The summed E-state index contributed by atoms with van der Waals surface area (Å²) in [7, 11) is 0. The van der Waals surface area contributed by atoms with Gasteiger partial charge in [0.2, 0.25) is 0 Å². The number of anilines is 1. The molecule has 3 N–H and O–H groups in total. The lowest BCUT2D eigenvalue weighted by Crippen LogP contribution is -2.37. The van der Waals surface area contributed by atoms with E-state index in [9.17, 15) is 27.9 Å². The number of nitrogens with one attached hydrogen (secondary N) is 2. The Balaban J connectivity index is 1.45. The van der Waals surface area contributed by atoms with Crippen LogP contribution in [0.2, 0.25) is 10.0 Å². The number of nitrogens with zero attached hydrogens (tertiary/aromatic N) is 7. The standard InChI is InChI=1S/C24H18Cl2F3N9O3/c25-14-7-5-13(6-8-14)21-35-37(23(41)36(21)10-18(39)24(27,28)29)11-19-30-12-38(34-19)17-4-2-1-3-15(17)22(40)32-20-16(26)9-31-33-20/h1-9,12,18,39H,10-11H2,(H2,31,32,33,40).